The zero-order valence-electron chi connectivity index (χ0n) is 18.5. The van der Waals surface area contributed by atoms with Crippen molar-refractivity contribution in [3.63, 3.8) is 0 Å². The number of aromatic nitrogens is 2. The highest BCUT2D eigenvalue weighted by atomic mass is 32.1. The lowest BCUT2D eigenvalue weighted by Crippen LogP contribution is -2.32. The second-order valence-corrected chi connectivity index (χ2v) is 9.18. The lowest BCUT2D eigenvalue weighted by Gasteiger charge is -2.23. The van der Waals surface area contributed by atoms with Crippen molar-refractivity contribution in [1.29, 1.82) is 0 Å². The van der Waals surface area contributed by atoms with Crippen LogP contribution in [0.1, 0.15) is 37.0 Å². The number of aromatic amines is 1. The molecule has 1 amide bonds. The van der Waals surface area contributed by atoms with Crippen molar-refractivity contribution in [3.05, 3.63) is 97.9 Å². The number of anilines is 1. The van der Waals surface area contributed by atoms with Crippen molar-refractivity contribution < 1.29 is 32.1 Å². The highest BCUT2D eigenvalue weighted by molar-refractivity contribution is 7.17. The van der Waals surface area contributed by atoms with Crippen LogP contribution >= 0.6 is 11.3 Å². The molecule has 2 aromatic heterocycles. The molecule has 37 heavy (non-hydrogen) atoms. The minimum atomic E-state index is -4.70. The smallest absolute Gasteiger partial charge is 0.307 e. The first-order valence-corrected chi connectivity index (χ1v) is 11.5. The molecule has 13 heteroatoms. The fourth-order valence-electron chi connectivity index (χ4n) is 4.04. The largest absolute Gasteiger partial charge is 0.435 e. The van der Waals surface area contributed by atoms with Crippen LogP contribution in [0.2, 0.25) is 0 Å². The van der Waals surface area contributed by atoms with Crippen molar-refractivity contribution in [1.82, 2.24) is 10.2 Å². The monoisotopic (exact) mass is 530 g/mol. The first-order chi connectivity index (χ1) is 17.5. The number of amides is 1. The molecule has 1 aliphatic rings. The van der Waals surface area contributed by atoms with E-state index in [2.05, 4.69) is 10.2 Å². The number of benzene rings is 2. The van der Waals surface area contributed by atoms with Gasteiger partial charge in [0.2, 0.25) is 5.78 Å². The molecule has 5 rings (SSSR count). The minimum absolute atomic E-state index is 0.103. The molecule has 8 nitrogen and oxygen atoms in total. The summed E-state index contributed by atoms with van der Waals surface area (Å²) in [5.74, 6) is -1.78. The van der Waals surface area contributed by atoms with E-state index in [0.717, 1.165) is 11.3 Å². The number of nitrogens with zero attached hydrogens (tertiary/aromatic N) is 3. The van der Waals surface area contributed by atoms with Gasteiger partial charge in [-0.15, -0.1) is 11.3 Å². The number of rotatable bonds is 4. The van der Waals surface area contributed by atoms with Crippen molar-refractivity contribution in [3.8, 4) is 10.4 Å². The Hall–Kier alpha value is -4.39. The maximum absolute atomic E-state index is 14.3. The van der Waals surface area contributed by atoms with Crippen LogP contribution in [0.25, 0.3) is 10.4 Å². The van der Waals surface area contributed by atoms with Crippen LogP contribution in [0.15, 0.2) is 54.6 Å². The molecule has 1 N–H and O–H groups in total. The van der Waals surface area contributed by atoms with E-state index in [-0.39, 0.29) is 40.5 Å². The quantitative estimate of drug-likeness (QED) is 0.159. The fourth-order valence-corrected chi connectivity index (χ4v) is 5.23. The van der Waals surface area contributed by atoms with Gasteiger partial charge in [-0.3, -0.25) is 24.8 Å². The standard InChI is InChI=1S/C24H14F4N4O4S/c25-14-3-6-16-18(10-14)31(23(34)12-1-4-15(5-2-12)32(35)36)8-7-13-9-19(37-22(13)16)21(33)17-11-20(30-29-17)24(26,27)28/h1-6,9-11H,7-8H2,(H,29,30). The van der Waals surface area contributed by atoms with E-state index in [1.54, 1.807) is 6.07 Å². The number of nitro benzene ring substituents is 1. The lowest BCUT2D eigenvalue weighted by molar-refractivity contribution is -0.384. The Bertz CT molecular complexity index is 1560. The Labute approximate surface area is 209 Å². The molecule has 0 spiro atoms. The van der Waals surface area contributed by atoms with Crippen molar-refractivity contribution in [2.24, 2.45) is 0 Å². The average molecular weight is 530 g/mol. The van der Waals surface area contributed by atoms with E-state index < -0.39 is 34.3 Å². The zero-order chi connectivity index (χ0) is 26.5. The maximum atomic E-state index is 14.3. The molecule has 0 aliphatic carbocycles. The summed E-state index contributed by atoms with van der Waals surface area (Å²) >= 11 is 1.02. The maximum Gasteiger partial charge on any atom is 0.435 e. The number of nitrogens with one attached hydrogen (secondary N) is 1. The molecule has 0 saturated carbocycles. The van der Waals surface area contributed by atoms with Gasteiger partial charge in [0, 0.05) is 34.7 Å². The second kappa shape index (κ2) is 8.92. The van der Waals surface area contributed by atoms with Gasteiger partial charge in [-0.1, -0.05) is 0 Å². The number of halogens is 4. The topological polar surface area (TPSA) is 109 Å². The summed E-state index contributed by atoms with van der Waals surface area (Å²) in [6.45, 7) is 0.103. The number of carbonyl (C=O) groups is 2. The molecule has 0 fully saturated rings. The van der Waals surface area contributed by atoms with Gasteiger partial charge in [0.15, 0.2) is 5.69 Å². The Morgan fingerprint density at radius 1 is 1.08 bits per heavy atom. The van der Waals surface area contributed by atoms with Gasteiger partial charge in [-0.2, -0.15) is 18.3 Å². The summed E-state index contributed by atoms with van der Waals surface area (Å²) in [6, 6.07) is 11.1. The number of hydrogen-bond donors (Lipinski definition) is 1. The van der Waals surface area contributed by atoms with Crippen LogP contribution in [0.4, 0.5) is 28.9 Å². The average Bonchev–Trinajstić information content (AvgIpc) is 3.49. The van der Waals surface area contributed by atoms with Crippen LogP contribution < -0.4 is 4.90 Å². The number of fused-ring (bicyclic) bond motifs is 3. The molecule has 188 valence electrons. The summed E-state index contributed by atoms with van der Waals surface area (Å²) in [4.78, 5) is 38.6. The molecular weight excluding hydrogens is 516 g/mol. The van der Waals surface area contributed by atoms with E-state index >= 15 is 0 Å². The summed E-state index contributed by atoms with van der Waals surface area (Å²) in [6.07, 6.45) is -4.44. The Morgan fingerprint density at radius 2 is 1.81 bits per heavy atom. The van der Waals surface area contributed by atoms with Gasteiger partial charge in [0.1, 0.15) is 11.5 Å². The molecule has 0 unspecified atom stereocenters. The number of hydrogen-bond acceptors (Lipinski definition) is 6. The summed E-state index contributed by atoms with van der Waals surface area (Å²) in [5, 5.41) is 16.2. The van der Waals surface area contributed by atoms with E-state index in [1.165, 1.54) is 47.4 Å². The van der Waals surface area contributed by atoms with Gasteiger partial charge in [-0.05, 0) is 54.4 Å². The molecular formula is C24H14F4N4O4S. The van der Waals surface area contributed by atoms with Crippen LogP contribution in [-0.4, -0.2) is 33.4 Å². The Morgan fingerprint density at radius 3 is 2.46 bits per heavy atom. The lowest BCUT2D eigenvalue weighted by atomic mass is 10.1. The molecule has 0 saturated heterocycles. The fraction of sp³-hybridized carbons (Fsp3) is 0.125. The minimum Gasteiger partial charge on any atom is -0.307 e. The zero-order valence-corrected chi connectivity index (χ0v) is 19.3. The van der Waals surface area contributed by atoms with Gasteiger partial charge in [0.05, 0.1) is 15.5 Å². The number of nitro groups is 1. The third-order valence-electron chi connectivity index (χ3n) is 5.82. The van der Waals surface area contributed by atoms with Crippen LogP contribution in [0, 0.1) is 15.9 Å². The van der Waals surface area contributed by atoms with Crippen molar-refractivity contribution in [2.45, 2.75) is 12.6 Å². The number of thiophene rings is 1. The predicted molar refractivity (Wildman–Crippen MR) is 125 cm³/mol. The molecule has 4 aromatic rings. The van der Waals surface area contributed by atoms with Crippen molar-refractivity contribution >= 4 is 34.4 Å². The summed E-state index contributed by atoms with van der Waals surface area (Å²) < 4.78 is 52.9. The number of non-ortho nitro benzene ring substituents is 1. The van der Waals surface area contributed by atoms with Crippen LogP contribution in [0.3, 0.4) is 0 Å². The normalized spacial score (nSPS) is 13.0. The van der Waals surface area contributed by atoms with E-state index in [4.69, 9.17) is 0 Å². The Kier molecular flexibility index (Phi) is 5.86. The summed E-state index contributed by atoms with van der Waals surface area (Å²) in [5.41, 5.74) is -0.179. The number of ketones is 1. The van der Waals surface area contributed by atoms with Gasteiger partial charge < -0.3 is 4.90 Å². The van der Waals surface area contributed by atoms with E-state index in [9.17, 15) is 37.3 Å². The molecule has 0 bridgehead atoms. The van der Waals surface area contributed by atoms with Gasteiger partial charge >= 0.3 is 6.18 Å². The third kappa shape index (κ3) is 4.48. The first kappa shape index (κ1) is 24.3. The molecule has 0 atom stereocenters. The van der Waals surface area contributed by atoms with Crippen LogP contribution in [-0.2, 0) is 12.6 Å². The SMILES string of the molecule is O=C(c1cc(C(F)(F)F)n[nH]1)c1cc2c(s1)-c1ccc(F)cc1N(C(=O)c1ccc([N+](=O)[O-])cc1)CC2. The van der Waals surface area contributed by atoms with Gasteiger partial charge in [-0.25, -0.2) is 4.39 Å². The van der Waals surface area contributed by atoms with E-state index in [1.807, 2.05) is 0 Å². The second-order valence-electron chi connectivity index (χ2n) is 8.13. The number of H-pyrrole nitrogens is 1. The van der Waals surface area contributed by atoms with Gasteiger partial charge in [0.25, 0.3) is 11.6 Å². The number of carbonyl (C=O) groups excluding carboxylic acids is 2. The highest BCUT2D eigenvalue weighted by Gasteiger charge is 2.35. The molecule has 2 aromatic carbocycles. The first-order valence-electron chi connectivity index (χ1n) is 10.7. The number of alkyl halides is 3. The summed E-state index contributed by atoms with van der Waals surface area (Å²) in [7, 11) is 0. The molecule has 3 heterocycles. The van der Waals surface area contributed by atoms with Crippen molar-refractivity contribution in [2.75, 3.05) is 11.4 Å². The Balaban J connectivity index is 1.51. The highest BCUT2D eigenvalue weighted by Crippen LogP contribution is 2.43. The molecule has 1 aliphatic heterocycles. The predicted octanol–water partition coefficient (Wildman–Crippen LogP) is 5.64. The van der Waals surface area contributed by atoms with Crippen LogP contribution in [0.5, 0.6) is 0 Å². The third-order valence-corrected chi connectivity index (χ3v) is 7.03. The molecule has 0 radical (unpaired) electrons. The van der Waals surface area contributed by atoms with E-state index in [0.29, 0.717) is 22.1 Å².